The summed E-state index contributed by atoms with van der Waals surface area (Å²) in [6.45, 7) is 3.60. The third kappa shape index (κ3) is 1.99. The zero-order chi connectivity index (χ0) is 14.1. The van der Waals surface area contributed by atoms with E-state index in [0.29, 0.717) is 5.56 Å². The third-order valence-corrected chi connectivity index (χ3v) is 3.30. The van der Waals surface area contributed by atoms with Crippen LogP contribution in [0.5, 0.6) is 0 Å². The minimum atomic E-state index is 0.00621. The topological polar surface area (TPSA) is 47.8 Å². The molecule has 0 aliphatic rings. The quantitative estimate of drug-likeness (QED) is 0.683. The largest absolute Gasteiger partial charge is 0.294 e. The Labute approximate surface area is 117 Å². The number of hydrogen-bond acceptors (Lipinski definition) is 3. The smallest absolute Gasteiger partial charge is 0.164 e. The second-order valence-electron chi connectivity index (χ2n) is 4.68. The molecule has 2 aromatic heterocycles. The number of pyridine rings is 1. The summed E-state index contributed by atoms with van der Waals surface area (Å²) in [4.78, 5) is 20.5. The first kappa shape index (κ1) is 12.5. The molecular weight excluding hydrogens is 250 g/mol. The summed E-state index contributed by atoms with van der Waals surface area (Å²) in [5.74, 6) is 0.950. The highest BCUT2D eigenvalue weighted by atomic mass is 16.1. The number of nitrogens with zero attached hydrogens (tertiary/aromatic N) is 3. The molecule has 0 fully saturated rings. The van der Waals surface area contributed by atoms with E-state index >= 15 is 0 Å². The average molecular weight is 265 g/mol. The first-order chi connectivity index (χ1) is 9.70. The number of carbonyl (C=O) groups is 1. The molecule has 0 spiro atoms. The van der Waals surface area contributed by atoms with E-state index in [0.717, 1.165) is 29.1 Å². The van der Waals surface area contributed by atoms with Crippen LogP contribution < -0.4 is 0 Å². The summed E-state index contributed by atoms with van der Waals surface area (Å²) >= 11 is 0. The van der Waals surface area contributed by atoms with E-state index in [1.165, 1.54) is 6.92 Å². The van der Waals surface area contributed by atoms with Gasteiger partial charge in [-0.2, -0.15) is 0 Å². The predicted molar refractivity (Wildman–Crippen MR) is 78.2 cm³/mol. The molecule has 1 aromatic carbocycles. The molecule has 0 radical (unpaired) electrons. The van der Waals surface area contributed by atoms with Crippen molar-refractivity contribution in [3.05, 3.63) is 54.0 Å². The Kier molecular flexibility index (Phi) is 3.06. The molecule has 4 heteroatoms. The minimum Gasteiger partial charge on any atom is -0.294 e. The molecule has 0 unspecified atom stereocenters. The lowest BCUT2D eigenvalue weighted by molar-refractivity contribution is 0.101. The number of benzene rings is 1. The molecule has 100 valence electrons. The molecule has 0 atom stereocenters. The molecule has 2 heterocycles. The number of rotatable bonds is 3. The van der Waals surface area contributed by atoms with E-state index in [2.05, 4.69) is 16.9 Å². The fourth-order valence-electron chi connectivity index (χ4n) is 2.29. The van der Waals surface area contributed by atoms with Crippen LogP contribution in [0.4, 0.5) is 0 Å². The first-order valence-electron chi connectivity index (χ1n) is 6.64. The highest BCUT2D eigenvalue weighted by molar-refractivity contribution is 5.96. The zero-order valence-electron chi connectivity index (χ0n) is 11.5. The number of fused-ring (bicyclic) bond motifs is 1. The fraction of sp³-hybridized carbons (Fsp3) is 0.188. The summed E-state index contributed by atoms with van der Waals surface area (Å²) in [6, 6.07) is 11.8. The van der Waals surface area contributed by atoms with Crippen molar-refractivity contribution in [1.82, 2.24) is 14.5 Å². The second-order valence-corrected chi connectivity index (χ2v) is 4.68. The van der Waals surface area contributed by atoms with E-state index < -0.39 is 0 Å². The molecule has 3 rings (SSSR count). The Morgan fingerprint density at radius 3 is 2.65 bits per heavy atom. The Bertz CT molecular complexity index is 775. The molecular formula is C16H15N3O. The van der Waals surface area contributed by atoms with Gasteiger partial charge >= 0.3 is 0 Å². The van der Waals surface area contributed by atoms with Crippen molar-refractivity contribution in [3.63, 3.8) is 0 Å². The van der Waals surface area contributed by atoms with Crippen molar-refractivity contribution in [2.24, 2.45) is 0 Å². The van der Waals surface area contributed by atoms with Crippen molar-refractivity contribution in [2.75, 3.05) is 0 Å². The monoisotopic (exact) mass is 265 g/mol. The number of aryl methyl sites for hydroxylation is 1. The highest BCUT2D eigenvalue weighted by Gasteiger charge is 2.13. The van der Waals surface area contributed by atoms with Crippen molar-refractivity contribution < 1.29 is 4.79 Å². The van der Waals surface area contributed by atoms with Gasteiger partial charge in [0.05, 0.1) is 0 Å². The van der Waals surface area contributed by atoms with E-state index in [1.54, 1.807) is 6.20 Å². The molecule has 4 nitrogen and oxygen atoms in total. The molecule has 0 aliphatic heterocycles. The normalized spacial score (nSPS) is 10.9. The van der Waals surface area contributed by atoms with Gasteiger partial charge in [0.1, 0.15) is 11.3 Å². The van der Waals surface area contributed by atoms with Crippen LogP contribution in [0, 0.1) is 0 Å². The van der Waals surface area contributed by atoms with Gasteiger partial charge < -0.3 is 0 Å². The van der Waals surface area contributed by atoms with Crippen LogP contribution in [0.2, 0.25) is 0 Å². The van der Waals surface area contributed by atoms with Gasteiger partial charge in [-0.25, -0.2) is 9.97 Å². The average Bonchev–Trinajstić information content (AvgIpc) is 2.85. The summed E-state index contributed by atoms with van der Waals surface area (Å²) in [7, 11) is 0. The van der Waals surface area contributed by atoms with Gasteiger partial charge in [0.2, 0.25) is 0 Å². The van der Waals surface area contributed by atoms with Crippen LogP contribution in [-0.4, -0.2) is 20.3 Å². The SMILES string of the molecule is CCc1nc2cc(C(C)=O)cnc2n1-c1ccccc1. The Hall–Kier alpha value is -2.49. The molecule has 0 aliphatic carbocycles. The molecule has 0 bridgehead atoms. The van der Waals surface area contributed by atoms with Crippen LogP contribution >= 0.6 is 0 Å². The molecule has 3 aromatic rings. The van der Waals surface area contributed by atoms with Crippen LogP contribution in [0.15, 0.2) is 42.6 Å². The van der Waals surface area contributed by atoms with Gasteiger partial charge in [-0.3, -0.25) is 9.36 Å². The maximum atomic E-state index is 11.4. The van der Waals surface area contributed by atoms with Crippen molar-refractivity contribution >= 4 is 16.9 Å². The number of para-hydroxylation sites is 1. The lowest BCUT2D eigenvalue weighted by Crippen LogP contribution is -2.01. The van der Waals surface area contributed by atoms with E-state index in [-0.39, 0.29) is 5.78 Å². The summed E-state index contributed by atoms with van der Waals surface area (Å²) in [5, 5.41) is 0. The van der Waals surface area contributed by atoms with Crippen LogP contribution in [0.25, 0.3) is 16.9 Å². The number of imidazole rings is 1. The van der Waals surface area contributed by atoms with Gasteiger partial charge in [0.25, 0.3) is 0 Å². The number of hydrogen-bond donors (Lipinski definition) is 0. The van der Waals surface area contributed by atoms with Crippen molar-refractivity contribution in [3.8, 4) is 5.69 Å². The van der Waals surface area contributed by atoms with Crippen LogP contribution in [0.1, 0.15) is 30.0 Å². The summed E-state index contributed by atoms with van der Waals surface area (Å²) < 4.78 is 2.04. The van der Waals surface area contributed by atoms with Gasteiger partial charge in [-0.05, 0) is 25.1 Å². The van der Waals surface area contributed by atoms with E-state index in [9.17, 15) is 4.79 Å². The lowest BCUT2D eigenvalue weighted by atomic mass is 10.2. The first-order valence-corrected chi connectivity index (χ1v) is 6.64. The summed E-state index contributed by atoms with van der Waals surface area (Å²) in [6.07, 6.45) is 2.42. The van der Waals surface area contributed by atoms with Crippen LogP contribution in [0.3, 0.4) is 0 Å². The molecule has 0 amide bonds. The Balaban J connectivity index is 2.28. The second kappa shape index (κ2) is 4.89. The van der Waals surface area contributed by atoms with E-state index in [1.807, 2.05) is 41.0 Å². The molecule has 0 N–H and O–H groups in total. The highest BCUT2D eigenvalue weighted by Crippen LogP contribution is 2.21. The van der Waals surface area contributed by atoms with Crippen molar-refractivity contribution in [2.45, 2.75) is 20.3 Å². The zero-order valence-corrected chi connectivity index (χ0v) is 11.5. The maximum absolute atomic E-state index is 11.4. The predicted octanol–water partition coefficient (Wildman–Crippen LogP) is 3.19. The molecule has 0 saturated carbocycles. The number of aromatic nitrogens is 3. The third-order valence-electron chi connectivity index (χ3n) is 3.30. The number of Topliss-reactive ketones (excluding diaryl/α,β-unsaturated/α-hetero) is 1. The summed E-state index contributed by atoms with van der Waals surface area (Å²) in [5.41, 5.74) is 3.18. The standard InChI is InChI=1S/C16H15N3O/c1-3-15-18-14-9-12(11(2)20)10-17-16(14)19(15)13-7-5-4-6-8-13/h4-10H,3H2,1-2H3. The van der Waals surface area contributed by atoms with Gasteiger partial charge in [0.15, 0.2) is 11.4 Å². The number of carbonyl (C=O) groups excluding carboxylic acids is 1. The molecule has 20 heavy (non-hydrogen) atoms. The lowest BCUT2D eigenvalue weighted by Gasteiger charge is -2.06. The Morgan fingerprint density at radius 1 is 1.25 bits per heavy atom. The molecule has 0 saturated heterocycles. The number of ketones is 1. The van der Waals surface area contributed by atoms with Crippen molar-refractivity contribution in [1.29, 1.82) is 0 Å². The van der Waals surface area contributed by atoms with Crippen LogP contribution in [-0.2, 0) is 6.42 Å². The van der Waals surface area contributed by atoms with E-state index in [4.69, 9.17) is 0 Å². The fourth-order valence-corrected chi connectivity index (χ4v) is 2.29. The van der Waals surface area contributed by atoms with Gasteiger partial charge in [0, 0.05) is 23.9 Å². The van der Waals surface area contributed by atoms with Gasteiger partial charge in [-0.15, -0.1) is 0 Å². The van der Waals surface area contributed by atoms with Gasteiger partial charge in [-0.1, -0.05) is 25.1 Å². The minimum absolute atomic E-state index is 0.00621. The Morgan fingerprint density at radius 2 is 2.00 bits per heavy atom. The maximum Gasteiger partial charge on any atom is 0.164 e.